The molecule has 0 amide bonds. The van der Waals surface area contributed by atoms with E-state index in [4.69, 9.17) is 12.2 Å². The Balaban J connectivity index is 1.86. The first-order chi connectivity index (χ1) is 11.4. The molecule has 0 bridgehead atoms. The smallest absolute Gasteiger partial charge is 0.165 e. The molecule has 1 N–H and O–H groups in total. The van der Waals surface area contributed by atoms with E-state index in [9.17, 15) is 5.11 Å². The average Bonchev–Trinajstić information content (AvgIpc) is 2.79. The van der Waals surface area contributed by atoms with E-state index in [1.54, 1.807) is 11.9 Å². The first kappa shape index (κ1) is 16.8. The summed E-state index contributed by atoms with van der Waals surface area (Å²) in [6.45, 7) is 5.79. The van der Waals surface area contributed by atoms with Crippen molar-refractivity contribution in [3.63, 3.8) is 0 Å². The highest BCUT2D eigenvalue weighted by Crippen LogP contribution is 2.34. The standard InChI is InChI=1S/C20H22N2OS/c1-14-9-11-17(12-10-14)19(24)22-20(3,23)18(15(2)21-22)13-16-7-5-4-6-8-16/h4-12,18,23H,13H2,1-3H3/t18-,20-/m0/s1. The van der Waals surface area contributed by atoms with Gasteiger partial charge in [-0.05, 0) is 32.8 Å². The zero-order valence-corrected chi connectivity index (χ0v) is 15.0. The van der Waals surface area contributed by atoms with Gasteiger partial charge in [0.25, 0.3) is 0 Å². The predicted octanol–water partition coefficient (Wildman–Crippen LogP) is 3.93. The van der Waals surface area contributed by atoms with Gasteiger partial charge in [-0.3, -0.25) is 0 Å². The maximum atomic E-state index is 11.2. The first-order valence-electron chi connectivity index (χ1n) is 8.12. The highest BCUT2D eigenvalue weighted by Gasteiger charge is 2.46. The third-order valence-corrected chi connectivity index (χ3v) is 5.03. The minimum Gasteiger partial charge on any atom is -0.369 e. The van der Waals surface area contributed by atoms with Gasteiger partial charge in [0.1, 0.15) is 4.99 Å². The lowest BCUT2D eigenvalue weighted by Crippen LogP contribution is -2.49. The topological polar surface area (TPSA) is 35.8 Å². The van der Waals surface area contributed by atoms with Gasteiger partial charge in [-0.25, -0.2) is 5.01 Å². The molecule has 0 aromatic heterocycles. The summed E-state index contributed by atoms with van der Waals surface area (Å²) in [5.41, 5.74) is 3.02. The van der Waals surface area contributed by atoms with E-state index in [-0.39, 0.29) is 5.92 Å². The summed E-state index contributed by atoms with van der Waals surface area (Å²) in [6, 6.07) is 18.2. The summed E-state index contributed by atoms with van der Waals surface area (Å²) in [7, 11) is 0. The van der Waals surface area contributed by atoms with Crippen LogP contribution in [-0.2, 0) is 6.42 Å². The number of hydrogen-bond acceptors (Lipinski definition) is 3. The normalized spacial score (nSPS) is 23.2. The fourth-order valence-corrected chi connectivity index (χ4v) is 3.49. The molecule has 1 aliphatic rings. The van der Waals surface area contributed by atoms with Crippen LogP contribution in [0.2, 0.25) is 0 Å². The molecule has 0 radical (unpaired) electrons. The van der Waals surface area contributed by atoms with E-state index in [0.29, 0.717) is 4.99 Å². The Morgan fingerprint density at radius 3 is 2.38 bits per heavy atom. The van der Waals surface area contributed by atoms with Crippen LogP contribution in [0, 0.1) is 12.8 Å². The van der Waals surface area contributed by atoms with Gasteiger partial charge in [-0.1, -0.05) is 72.4 Å². The van der Waals surface area contributed by atoms with Crippen LogP contribution in [0.5, 0.6) is 0 Å². The number of benzene rings is 2. The maximum Gasteiger partial charge on any atom is 0.165 e. The van der Waals surface area contributed by atoms with Gasteiger partial charge >= 0.3 is 0 Å². The molecule has 1 heterocycles. The Morgan fingerprint density at radius 1 is 1.12 bits per heavy atom. The van der Waals surface area contributed by atoms with Crippen LogP contribution in [0.25, 0.3) is 0 Å². The third-order valence-electron chi connectivity index (χ3n) is 4.62. The zero-order valence-electron chi connectivity index (χ0n) is 14.2. The van der Waals surface area contributed by atoms with E-state index in [2.05, 4.69) is 17.2 Å². The largest absolute Gasteiger partial charge is 0.369 e. The van der Waals surface area contributed by atoms with Crippen LogP contribution < -0.4 is 0 Å². The highest BCUT2D eigenvalue weighted by molar-refractivity contribution is 7.80. The van der Waals surface area contributed by atoms with E-state index in [1.807, 2.05) is 56.3 Å². The number of hydrogen-bond donors (Lipinski definition) is 1. The molecule has 24 heavy (non-hydrogen) atoms. The van der Waals surface area contributed by atoms with Crippen LogP contribution in [0.1, 0.15) is 30.5 Å². The minimum atomic E-state index is -1.14. The lowest BCUT2D eigenvalue weighted by atomic mass is 9.87. The summed E-state index contributed by atoms with van der Waals surface area (Å²) < 4.78 is 0. The van der Waals surface area contributed by atoms with Crippen molar-refractivity contribution >= 4 is 22.9 Å². The van der Waals surface area contributed by atoms with Crippen LogP contribution in [0.3, 0.4) is 0 Å². The maximum absolute atomic E-state index is 11.2. The van der Waals surface area contributed by atoms with Crippen LogP contribution in [-0.4, -0.2) is 26.5 Å². The summed E-state index contributed by atoms with van der Waals surface area (Å²) >= 11 is 5.60. The van der Waals surface area contributed by atoms with Crippen molar-refractivity contribution < 1.29 is 5.11 Å². The second-order valence-corrected chi connectivity index (χ2v) is 6.95. The van der Waals surface area contributed by atoms with Gasteiger partial charge in [-0.15, -0.1) is 0 Å². The fraction of sp³-hybridized carbons (Fsp3) is 0.300. The molecule has 0 saturated heterocycles. The monoisotopic (exact) mass is 338 g/mol. The number of thiocarbonyl (C=S) groups is 1. The van der Waals surface area contributed by atoms with Crippen molar-refractivity contribution in [2.45, 2.75) is 32.9 Å². The minimum absolute atomic E-state index is 0.0942. The molecule has 2 aromatic carbocycles. The van der Waals surface area contributed by atoms with Crippen molar-refractivity contribution in [1.29, 1.82) is 0 Å². The molecule has 1 aliphatic heterocycles. The van der Waals surface area contributed by atoms with Crippen molar-refractivity contribution in [1.82, 2.24) is 5.01 Å². The van der Waals surface area contributed by atoms with E-state index in [1.165, 1.54) is 11.1 Å². The number of aryl methyl sites for hydroxylation is 1. The molecular weight excluding hydrogens is 316 g/mol. The molecule has 3 rings (SSSR count). The Hall–Kier alpha value is -2.04. The Bertz CT molecular complexity index is 766. The number of aliphatic hydroxyl groups is 1. The summed E-state index contributed by atoms with van der Waals surface area (Å²) in [5.74, 6) is -0.0942. The molecule has 0 aliphatic carbocycles. The molecule has 124 valence electrons. The molecule has 0 unspecified atom stereocenters. The van der Waals surface area contributed by atoms with Crippen molar-refractivity contribution in [3.05, 3.63) is 71.3 Å². The molecule has 0 spiro atoms. The van der Waals surface area contributed by atoms with Gasteiger partial charge in [0, 0.05) is 11.3 Å². The second kappa shape index (κ2) is 6.46. The zero-order chi connectivity index (χ0) is 17.3. The summed E-state index contributed by atoms with van der Waals surface area (Å²) in [5, 5.41) is 17.3. The second-order valence-electron chi connectivity index (χ2n) is 6.56. The lowest BCUT2D eigenvalue weighted by molar-refractivity contribution is -0.0636. The number of nitrogens with zero attached hydrogens (tertiary/aromatic N) is 2. The molecule has 3 nitrogen and oxygen atoms in total. The van der Waals surface area contributed by atoms with E-state index >= 15 is 0 Å². The fourth-order valence-electron chi connectivity index (χ4n) is 3.13. The lowest BCUT2D eigenvalue weighted by Gasteiger charge is -2.34. The summed E-state index contributed by atoms with van der Waals surface area (Å²) in [4.78, 5) is 0.551. The van der Waals surface area contributed by atoms with Crippen molar-refractivity contribution in [2.75, 3.05) is 0 Å². The predicted molar refractivity (Wildman–Crippen MR) is 102 cm³/mol. The molecule has 0 saturated carbocycles. The van der Waals surface area contributed by atoms with Gasteiger partial charge in [-0.2, -0.15) is 5.10 Å². The number of rotatable bonds is 3. The van der Waals surface area contributed by atoms with Crippen molar-refractivity contribution in [3.8, 4) is 0 Å². The van der Waals surface area contributed by atoms with Gasteiger partial charge in [0.05, 0.1) is 5.92 Å². The highest BCUT2D eigenvalue weighted by atomic mass is 32.1. The quantitative estimate of drug-likeness (QED) is 0.862. The van der Waals surface area contributed by atoms with Gasteiger partial charge < -0.3 is 5.11 Å². The third kappa shape index (κ3) is 3.12. The first-order valence-corrected chi connectivity index (χ1v) is 8.53. The molecule has 2 atom stereocenters. The molecular formula is C20H22N2OS. The van der Waals surface area contributed by atoms with Crippen LogP contribution >= 0.6 is 12.2 Å². The SMILES string of the molecule is CC1=NN(C(=S)c2ccc(C)cc2)[C@@](C)(O)[C@H]1Cc1ccccc1. The Kier molecular flexibility index (Phi) is 4.52. The van der Waals surface area contributed by atoms with Crippen LogP contribution in [0.15, 0.2) is 59.7 Å². The van der Waals surface area contributed by atoms with Crippen LogP contribution in [0.4, 0.5) is 0 Å². The van der Waals surface area contributed by atoms with E-state index < -0.39 is 5.72 Å². The summed E-state index contributed by atoms with van der Waals surface area (Å²) in [6.07, 6.45) is 0.732. The number of hydrazone groups is 1. The van der Waals surface area contributed by atoms with Gasteiger partial charge in [0.15, 0.2) is 5.72 Å². The molecule has 0 fully saturated rings. The average molecular weight is 338 g/mol. The van der Waals surface area contributed by atoms with Crippen molar-refractivity contribution in [2.24, 2.45) is 11.0 Å². The molecule has 4 heteroatoms. The Morgan fingerprint density at radius 2 is 1.75 bits per heavy atom. The van der Waals surface area contributed by atoms with E-state index in [0.717, 1.165) is 17.7 Å². The Labute approximate surface area is 148 Å². The van der Waals surface area contributed by atoms with Gasteiger partial charge in [0.2, 0.25) is 0 Å². The molecule has 2 aromatic rings.